The summed E-state index contributed by atoms with van der Waals surface area (Å²) in [5.41, 5.74) is 2.37. The maximum absolute atomic E-state index is 9.50. The Morgan fingerprint density at radius 3 is 2.36 bits per heavy atom. The maximum Gasteiger partial charge on any atom is 0.234 e. The van der Waals surface area contributed by atoms with Crippen LogP contribution in [0.25, 0.3) is 0 Å². The first-order valence-corrected chi connectivity index (χ1v) is 8.51. The van der Waals surface area contributed by atoms with Gasteiger partial charge in [-0.2, -0.15) is 5.26 Å². The smallest absolute Gasteiger partial charge is 0.234 e. The van der Waals surface area contributed by atoms with E-state index in [1.165, 1.54) is 0 Å². The highest BCUT2D eigenvalue weighted by Gasteiger charge is 2.19. The van der Waals surface area contributed by atoms with Crippen LogP contribution in [0.4, 0.5) is 5.82 Å². The van der Waals surface area contributed by atoms with Crippen molar-refractivity contribution in [2.45, 2.75) is 46.8 Å². The Kier molecular flexibility index (Phi) is 6.11. The Morgan fingerprint density at radius 1 is 1.16 bits per heavy atom. The van der Waals surface area contributed by atoms with Crippen molar-refractivity contribution in [3.63, 3.8) is 0 Å². The quantitative estimate of drug-likeness (QED) is 0.874. The van der Waals surface area contributed by atoms with Crippen LogP contribution in [0, 0.1) is 16.7 Å². The van der Waals surface area contributed by atoms with Gasteiger partial charge in [-0.15, -0.1) is 0 Å². The number of aliphatic hydroxyl groups excluding tert-OH is 1. The fraction of sp³-hybridized carbons (Fsp3) is 0.450. The predicted molar refractivity (Wildman–Crippen MR) is 99.1 cm³/mol. The predicted octanol–water partition coefficient (Wildman–Crippen LogP) is 3.32. The van der Waals surface area contributed by atoms with Crippen LogP contribution < -0.4 is 4.90 Å². The molecule has 0 radical (unpaired) electrons. The molecular weight excluding hydrogens is 312 g/mol. The van der Waals surface area contributed by atoms with E-state index in [9.17, 15) is 5.11 Å². The van der Waals surface area contributed by atoms with Crippen LogP contribution in [-0.4, -0.2) is 27.7 Å². The molecule has 1 N–H and O–H groups in total. The zero-order valence-electron chi connectivity index (χ0n) is 15.4. The van der Waals surface area contributed by atoms with Crippen molar-refractivity contribution < 1.29 is 5.11 Å². The van der Waals surface area contributed by atoms with Gasteiger partial charge in [-0.3, -0.25) is 0 Å². The van der Waals surface area contributed by atoms with E-state index in [-0.39, 0.29) is 17.3 Å². The third-order valence-electron chi connectivity index (χ3n) is 3.66. The first-order chi connectivity index (χ1) is 11.8. The van der Waals surface area contributed by atoms with Crippen molar-refractivity contribution >= 4 is 5.82 Å². The summed E-state index contributed by atoms with van der Waals surface area (Å²) < 4.78 is 0. The van der Waals surface area contributed by atoms with Crippen LogP contribution in [0.15, 0.2) is 36.5 Å². The fourth-order valence-corrected chi connectivity index (χ4v) is 2.71. The molecule has 5 nitrogen and oxygen atoms in total. The normalized spacial score (nSPS) is 12.5. The molecule has 1 atom stereocenters. The molecule has 2 rings (SSSR count). The second-order valence-electron chi connectivity index (χ2n) is 7.64. The zero-order valence-corrected chi connectivity index (χ0v) is 15.4. The average Bonchev–Trinajstić information content (AvgIpc) is 2.54. The van der Waals surface area contributed by atoms with Gasteiger partial charge in [0.2, 0.25) is 5.82 Å². The van der Waals surface area contributed by atoms with E-state index in [1.807, 2.05) is 12.1 Å². The largest absolute Gasteiger partial charge is 0.393 e. The van der Waals surface area contributed by atoms with Crippen molar-refractivity contribution in [3.8, 4) is 6.07 Å². The molecule has 0 fully saturated rings. The minimum absolute atomic E-state index is 0.0873. The van der Waals surface area contributed by atoms with E-state index in [4.69, 9.17) is 5.26 Å². The maximum atomic E-state index is 9.50. The number of aliphatic hydroxyl groups is 1. The van der Waals surface area contributed by atoms with Crippen LogP contribution in [0.2, 0.25) is 0 Å². The lowest BCUT2D eigenvalue weighted by molar-refractivity contribution is 0.195. The summed E-state index contributed by atoms with van der Waals surface area (Å²) in [6, 6.07) is 12.1. The Labute approximate surface area is 150 Å². The van der Waals surface area contributed by atoms with Gasteiger partial charge in [0.1, 0.15) is 11.9 Å². The second kappa shape index (κ2) is 8.09. The number of nitrogens with zero attached hydrogens (tertiary/aromatic N) is 4. The average molecular weight is 338 g/mol. The standard InChI is InChI=1S/C20H26N4O/c1-15(25)11-16-5-7-17(8-6-16)13-24(14-20(2,3)4)19-9-10-22-18(12-21)23-19/h5-10,15,25H,11,13-14H2,1-4H3. The molecule has 0 amide bonds. The molecule has 1 heterocycles. The van der Waals surface area contributed by atoms with Gasteiger partial charge in [-0.25, -0.2) is 9.97 Å². The number of hydrogen-bond donors (Lipinski definition) is 1. The number of aromatic nitrogens is 2. The Morgan fingerprint density at radius 2 is 1.80 bits per heavy atom. The van der Waals surface area contributed by atoms with Crippen molar-refractivity contribution in [1.29, 1.82) is 5.26 Å². The van der Waals surface area contributed by atoms with E-state index in [2.05, 4.69) is 59.9 Å². The molecule has 0 saturated carbocycles. The van der Waals surface area contributed by atoms with Gasteiger partial charge in [0, 0.05) is 19.3 Å². The lowest BCUT2D eigenvalue weighted by atomic mass is 9.95. The number of anilines is 1. The van der Waals surface area contributed by atoms with Gasteiger partial charge in [0.15, 0.2) is 0 Å². The van der Waals surface area contributed by atoms with Crippen molar-refractivity contribution in [3.05, 3.63) is 53.5 Å². The molecular formula is C20H26N4O. The summed E-state index contributed by atoms with van der Waals surface area (Å²) in [6.45, 7) is 9.84. The third-order valence-corrected chi connectivity index (χ3v) is 3.66. The van der Waals surface area contributed by atoms with E-state index in [0.29, 0.717) is 13.0 Å². The lowest BCUT2D eigenvalue weighted by Gasteiger charge is -2.31. The molecule has 0 aliphatic heterocycles. The minimum Gasteiger partial charge on any atom is -0.393 e. The van der Waals surface area contributed by atoms with Crippen LogP contribution in [0.3, 0.4) is 0 Å². The monoisotopic (exact) mass is 338 g/mol. The highest BCUT2D eigenvalue weighted by atomic mass is 16.3. The van der Waals surface area contributed by atoms with Crippen LogP contribution in [0.5, 0.6) is 0 Å². The van der Waals surface area contributed by atoms with E-state index < -0.39 is 0 Å². The lowest BCUT2D eigenvalue weighted by Crippen LogP contribution is -2.33. The molecule has 132 valence electrons. The summed E-state index contributed by atoms with van der Waals surface area (Å²) in [6.07, 6.45) is 1.94. The van der Waals surface area contributed by atoms with Crippen LogP contribution in [-0.2, 0) is 13.0 Å². The van der Waals surface area contributed by atoms with Crippen molar-refractivity contribution in [1.82, 2.24) is 9.97 Å². The van der Waals surface area contributed by atoms with Gasteiger partial charge in [0.05, 0.1) is 6.10 Å². The molecule has 1 aromatic heterocycles. The molecule has 1 unspecified atom stereocenters. The van der Waals surface area contributed by atoms with Crippen molar-refractivity contribution in [2.75, 3.05) is 11.4 Å². The Balaban J connectivity index is 2.22. The second-order valence-corrected chi connectivity index (χ2v) is 7.64. The molecule has 5 heteroatoms. The van der Waals surface area contributed by atoms with Gasteiger partial charge in [0.25, 0.3) is 0 Å². The molecule has 1 aromatic carbocycles. The molecule has 0 spiro atoms. The summed E-state index contributed by atoms with van der Waals surface area (Å²) >= 11 is 0. The van der Waals surface area contributed by atoms with Gasteiger partial charge in [-0.1, -0.05) is 45.0 Å². The van der Waals surface area contributed by atoms with Crippen LogP contribution in [0.1, 0.15) is 44.6 Å². The molecule has 0 bridgehead atoms. The van der Waals surface area contributed by atoms with Gasteiger partial charge >= 0.3 is 0 Å². The number of hydrogen-bond acceptors (Lipinski definition) is 5. The first kappa shape index (κ1) is 18.9. The summed E-state index contributed by atoms with van der Waals surface area (Å²) in [5, 5.41) is 18.6. The summed E-state index contributed by atoms with van der Waals surface area (Å²) in [4.78, 5) is 10.5. The fourth-order valence-electron chi connectivity index (χ4n) is 2.71. The molecule has 0 aliphatic carbocycles. The Bertz CT molecular complexity index is 727. The summed E-state index contributed by atoms with van der Waals surface area (Å²) in [7, 11) is 0. The highest BCUT2D eigenvalue weighted by molar-refractivity contribution is 5.41. The zero-order chi connectivity index (χ0) is 18.4. The van der Waals surface area contributed by atoms with Crippen molar-refractivity contribution in [2.24, 2.45) is 5.41 Å². The van der Waals surface area contributed by atoms with E-state index >= 15 is 0 Å². The Hall–Kier alpha value is -2.45. The van der Waals surface area contributed by atoms with E-state index in [0.717, 1.165) is 23.5 Å². The van der Waals surface area contributed by atoms with Gasteiger partial charge < -0.3 is 10.0 Å². The van der Waals surface area contributed by atoms with E-state index in [1.54, 1.807) is 13.1 Å². The molecule has 0 aliphatic rings. The topological polar surface area (TPSA) is 73.0 Å². The molecule has 25 heavy (non-hydrogen) atoms. The number of rotatable bonds is 6. The highest BCUT2D eigenvalue weighted by Crippen LogP contribution is 2.22. The van der Waals surface area contributed by atoms with Gasteiger partial charge in [-0.05, 0) is 36.0 Å². The third kappa shape index (κ3) is 6.17. The SMILES string of the molecule is CC(O)Cc1ccc(CN(CC(C)(C)C)c2ccnc(C#N)n2)cc1. The number of benzene rings is 1. The molecule has 0 saturated heterocycles. The van der Waals surface area contributed by atoms with Crippen LogP contribution >= 0.6 is 0 Å². The summed E-state index contributed by atoms with van der Waals surface area (Å²) in [5.74, 6) is 0.943. The minimum atomic E-state index is -0.339. The number of nitriles is 1. The first-order valence-electron chi connectivity index (χ1n) is 8.51. The molecule has 2 aromatic rings.